The number of hydrogen-bond donors (Lipinski definition) is 0. The Bertz CT molecular complexity index is 5510. The fraction of sp³-hybridized carbons (Fsp3) is 0.0130. The molecule has 0 aliphatic rings. The van der Waals surface area contributed by atoms with E-state index in [-0.39, 0.29) is 61.9 Å². The van der Waals surface area contributed by atoms with Gasteiger partial charge in [0, 0.05) is 55.0 Å². The number of benzene rings is 11. The van der Waals surface area contributed by atoms with Gasteiger partial charge in [0.05, 0.1) is 103 Å². The van der Waals surface area contributed by atoms with Gasteiger partial charge in [-0.1, -0.05) is 66.7 Å². The molecule has 0 fully saturated rings. The van der Waals surface area contributed by atoms with E-state index in [0.717, 1.165) is 12.1 Å². The number of nitriles is 4. The van der Waals surface area contributed by atoms with E-state index in [4.69, 9.17) is 39.4 Å². The third-order valence-corrected chi connectivity index (χ3v) is 16.2. The van der Waals surface area contributed by atoms with Gasteiger partial charge in [-0.25, -0.2) is 29.1 Å². The van der Waals surface area contributed by atoms with Crippen molar-refractivity contribution in [2.24, 2.45) is 0 Å². The standard InChI is InChI=1S/C77H33F3N12/c1-85-58-13-15-65(76(39-58)92-74-18-8-48(53-22-45(41-82)25-60(29-53)87-3)34-69(74)70-35-49(9-19-75(70)92)54-23-46(42-83)26-61(30-54)88-4)66-37-51(64-14-12-57(77(78,79)80)27-56(64)43-84)11-20-71(66)91-72-16-7-47(52-21-44(40-81)24-59(28-52)86-2)33-67(72)68-36-50(10-17-73(68)91)55-31-62(89-5)38-63(32-55)90-6/h7-39H. The first kappa shape index (κ1) is 56.8. The summed E-state index contributed by atoms with van der Waals surface area (Å²) in [5, 5.41) is 43.6. The molecule has 0 unspecified atom stereocenters. The molecule has 13 aromatic rings. The minimum Gasteiger partial charge on any atom is -0.310 e. The Kier molecular flexibility index (Phi) is 13.9. The summed E-state index contributed by atoms with van der Waals surface area (Å²) in [6.45, 7) is 47.7. The SMILES string of the molecule is [C-]#[N+]c1cc(C#N)cc(-c2ccc3c(c2)c2cc(-c4cc([N+]#[C-])cc([N+]#[C-])c4)ccc2n3-c2ccc(-c3ccc(C(F)(F)F)cc3C#N)cc2-c2ccc([N+]#[C-])cc2-n2c3ccc(-c4cc(C#N)cc([N+]#[C-])c4)cc3c3cc(-c4cc(C#N)cc([N+]#[C-])c4)ccc32)c1. The van der Waals surface area contributed by atoms with E-state index >= 15 is 0 Å². The summed E-state index contributed by atoms with van der Waals surface area (Å²) in [6.07, 6.45) is -4.75. The van der Waals surface area contributed by atoms with Gasteiger partial charge in [0.1, 0.15) is 0 Å². The normalized spacial score (nSPS) is 10.9. The first-order valence-electron chi connectivity index (χ1n) is 27.8. The predicted molar refractivity (Wildman–Crippen MR) is 349 cm³/mol. The van der Waals surface area contributed by atoms with Crippen LogP contribution in [0.2, 0.25) is 0 Å². The van der Waals surface area contributed by atoms with Crippen LogP contribution in [0.1, 0.15) is 27.8 Å². The van der Waals surface area contributed by atoms with Crippen molar-refractivity contribution in [2.75, 3.05) is 0 Å². The Morgan fingerprint density at radius 2 is 0.663 bits per heavy atom. The van der Waals surface area contributed by atoms with Gasteiger partial charge < -0.3 is 9.13 Å². The highest BCUT2D eigenvalue weighted by Gasteiger charge is 2.32. The molecule has 0 radical (unpaired) electrons. The maximum absolute atomic E-state index is 14.3. The molecule has 13 rings (SSSR count). The monoisotopic (exact) mass is 1180 g/mol. The number of fused-ring (bicyclic) bond motifs is 6. The Balaban J connectivity index is 1.14. The molecule has 12 nitrogen and oxygen atoms in total. The number of hydrogen-bond acceptors (Lipinski definition) is 4. The van der Waals surface area contributed by atoms with Crippen molar-refractivity contribution in [1.82, 2.24) is 9.13 Å². The molecule has 0 N–H and O–H groups in total. The molecule has 0 amide bonds. The molecular weight excluding hydrogens is 1150 g/mol. The minimum atomic E-state index is -4.75. The summed E-state index contributed by atoms with van der Waals surface area (Å²) >= 11 is 0. The molecule has 92 heavy (non-hydrogen) atoms. The number of nitrogens with zero attached hydrogens (tertiary/aromatic N) is 12. The lowest BCUT2D eigenvalue weighted by Gasteiger charge is -2.21. The lowest BCUT2D eigenvalue weighted by atomic mass is 9.92. The Hall–Kier alpha value is -14.3. The van der Waals surface area contributed by atoms with Crippen molar-refractivity contribution in [2.45, 2.75) is 6.18 Å². The van der Waals surface area contributed by atoms with Gasteiger partial charge in [0.15, 0.2) is 34.1 Å². The molecule has 422 valence electrons. The van der Waals surface area contributed by atoms with E-state index in [1.807, 2.05) is 106 Å². The molecule has 0 bridgehead atoms. The van der Waals surface area contributed by atoms with Crippen molar-refractivity contribution in [3.8, 4) is 102 Å². The average molecular weight is 1180 g/mol. The van der Waals surface area contributed by atoms with E-state index in [0.29, 0.717) is 116 Å². The minimum absolute atomic E-state index is 0.212. The van der Waals surface area contributed by atoms with Gasteiger partial charge in [0.2, 0.25) is 0 Å². The predicted octanol–water partition coefficient (Wildman–Crippen LogP) is 21.7. The molecule has 0 spiro atoms. The van der Waals surface area contributed by atoms with Crippen LogP contribution in [0.15, 0.2) is 200 Å². The van der Waals surface area contributed by atoms with Crippen LogP contribution in [-0.4, -0.2) is 9.13 Å². The average Bonchev–Trinajstić information content (AvgIpc) is 1.55. The van der Waals surface area contributed by atoms with Crippen LogP contribution in [0.4, 0.5) is 47.3 Å². The molecule has 0 aliphatic heterocycles. The van der Waals surface area contributed by atoms with E-state index in [1.165, 1.54) is 30.3 Å². The summed E-state index contributed by atoms with van der Waals surface area (Å²) in [4.78, 5) is 22.1. The van der Waals surface area contributed by atoms with Crippen LogP contribution in [0, 0.1) is 84.8 Å². The van der Waals surface area contributed by atoms with E-state index in [9.17, 15) is 34.2 Å². The van der Waals surface area contributed by atoms with Crippen LogP contribution >= 0.6 is 0 Å². The number of aromatic nitrogens is 2. The van der Waals surface area contributed by atoms with Gasteiger partial charge in [-0.05, 0) is 189 Å². The summed E-state index contributed by atoms with van der Waals surface area (Å²) in [7, 11) is 0. The molecule has 2 heterocycles. The fourth-order valence-electron chi connectivity index (χ4n) is 12.1. The van der Waals surface area contributed by atoms with Crippen molar-refractivity contribution < 1.29 is 13.2 Å². The van der Waals surface area contributed by atoms with Crippen LogP contribution in [0.25, 0.3) is 151 Å². The first-order valence-corrected chi connectivity index (χ1v) is 27.8. The molecule has 0 saturated carbocycles. The Morgan fingerprint density at radius 3 is 1.04 bits per heavy atom. The maximum Gasteiger partial charge on any atom is 0.416 e. The van der Waals surface area contributed by atoms with Gasteiger partial charge >= 0.3 is 6.18 Å². The van der Waals surface area contributed by atoms with Crippen LogP contribution < -0.4 is 0 Å². The Labute approximate surface area is 523 Å². The second-order valence-electron chi connectivity index (χ2n) is 21.5. The number of alkyl halides is 3. The number of rotatable bonds is 8. The molecule has 0 atom stereocenters. The zero-order chi connectivity index (χ0) is 64.1. The fourth-order valence-corrected chi connectivity index (χ4v) is 12.1. The van der Waals surface area contributed by atoms with Crippen LogP contribution in [0.5, 0.6) is 0 Å². The summed E-state index contributed by atoms with van der Waals surface area (Å²) in [5.74, 6) is 0. The van der Waals surface area contributed by atoms with Crippen LogP contribution in [-0.2, 0) is 6.18 Å². The lowest BCUT2D eigenvalue weighted by molar-refractivity contribution is -0.137. The van der Waals surface area contributed by atoms with Gasteiger partial charge in [-0.15, -0.1) is 0 Å². The third kappa shape index (κ3) is 9.89. The topological polar surface area (TPSA) is 131 Å². The molecule has 15 heteroatoms. The second kappa shape index (κ2) is 22.5. The van der Waals surface area contributed by atoms with Crippen molar-refractivity contribution >= 4 is 77.7 Å². The van der Waals surface area contributed by atoms with Crippen molar-refractivity contribution in [3.05, 3.63) is 297 Å². The van der Waals surface area contributed by atoms with E-state index < -0.39 is 11.7 Å². The van der Waals surface area contributed by atoms with E-state index in [1.54, 1.807) is 66.7 Å². The molecular formula is C77H33F3N12. The molecule has 0 aliphatic carbocycles. The third-order valence-electron chi connectivity index (χ3n) is 16.2. The second-order valence-corrected chi connectivity index (χ2v) is 21.5. The van der Waals surface area contributed by atoms with Gasteiger partial charge in [-0.2, -0.15) is 34.2 Å². The smallest absolute Gasteiger partial charge is 0.310 e. The number of halogens is 3. The molecule has 2 aromatic heterocycles. The summed E-state index contributed by atoms with van der Waals surface area (Å²) in [6, 6.07) is 64.8. The highest BCUT2D eigenvalue weighted by Crippen LogP contribution is 2.47. The van der Waals surface area contributed by atoms with Gasteiger partial charge in [-0.3, -0.25) is 0 Å². The van der Waals surface area contributed by atoms with Gasteiger partial charge in [0.25, 0.3) is 0 Å². The zero-order valence-electron chi connectivity index (χ0n) is 47.6. The quantitative estimate of drug-likeness (QED) is 0.140. The highest BCUT2D eigenvalue weighted by molar-refractivity contribution is 6.14. The van der Waals surface area contributed by atoms with Crippen LogP contribution in [0.3, 0.4) is 0 Å². The highest BCUT2D eigenvalue weighted by atomic mass is 19.4. The van der Waals surface area contributed by atoms with E-state index in [2.05, 4.69) is 47.3 Å². The lowest BCUT2D eigenvalue weighted by Crippen LogP contribution is -2.05. The molecule has 11 aromatic carbocycles. The Morgan fingerprint density at radius 1 is 0.293 bits per heavy atom. The molecule has 0 saturated heterocycles. The van der Waals surface area contributed by atoms with Crippen molar-refractivity contribution in [3.63, 3.8) is 0 Å². The maximum atomic E-state index is 14.3. The summed E-state index contributed by atoms with van der Waals surface area (Å²) in [5.41, 5.74) is 11.7. The first-order chi connectivity index (χ1) is 44.7. The zero-order valence-corrected chi connectivity index (χ0v) is 47.6. The largest absolute Gasteiger partial charge is 0.416 e. The summed E-state index contributed by atoms with van der Waals surface area (Å²) < 4.78 is 47.1. The van der Waals surface area contributed by atoms with Crippen molar-refractivity contribution in [1.29, 1.82) is 21.0 Å².